The number of fused-ring (bicyclic) bond motifs is 1. The average Bonchev–Trinajstić information content (AvgIpc) is 3.25. The van der Waals surface area contributed by atoms with Crippen molar-refractivity contribution in [2.45, 2.75) is 23.4 Å². The van der Waals surface area contributed by atoms with Crippen molar-refractivity contribution in [3.05, 3.63) is 60.7 Å². The van der Waals surface area contributed by atoms with Gasteiger partial charge in [-0.15, -0.1) is 0 Å². The van der Waals surface area contributed by atoms with Crippen molar-refractivity contribution in [3.8, 4) is 0 Å². The number of hydrogen-bond acceptors (Lipinski definition) is 6. The van der Waals surface area contributed by atoms with Gasteiger partial charge in [0.25, 0.3) is 0 Å². The first-order valence-corrected chi connectivity index (χ1v) is 11.0. The van der Waals surface area contributed by atoms with Crippen molar-refractivity contribution < 1.29 is 22.4 Å². The van der Waals surface area contributed by atoms with Crippen LogP contribution in [0.15, 0.2) is 64.2 Å². The van der Waals surface area contributed by atoms with Crippen LogP contribution >= 0.6 is 0 Å². The summed E-state index contributed by atoms with van der Waals surface area (Å²) in [7, 11) is -4.18. The third kappa shape index (κ3) is 3.73. The van der Waals surface area contributed by atoms with Crippen molar-refractivity contribution >= 4 is 32.9 Å². The predicted molar refractivity (Wildman–Crippen MR) is 111 cm³/mol. The maximum Gasteiger partial charge on any atom is 0.315 e. The molecule has 1 aliphatic rings. The molecule has 1 aliphatic heterocycles. The third-order valence-corrected chi connectivity index (χ3v) is 7.30. The lowest BCUT2D eigenvalue weighted by molar-refractivity contribution is -0.124. The zero-order chi connectivity index (χ0) is 22.2. The molecular formula is C20H21N5O5S. The van der Waals surface area contributed by atoms with Gasteiger partial charge in [-0.05, 0) is 24.3 Å². The molecule has 0 aliphatic carbocycles. The predicted octanol–water partition coefficient (Wildman–Crippen LogP) is 0.678. The topological polar surface area (TPSA) is 153 Å². The molecule has 4 rings (SSSR count). The zero-order valence-electron chi connectivity index (χ0n) is 16.4. The van der Waals surface area contributed by atoms with Crippen LogP contribution in [0.2, 0.25) is 0 Å². The summed E-state index contributed by atoms with van der Waals surface area (Å²) < 4.78 is 33.7. The first-order valence-electron chi connectivity index (χ1n) is 9.54. The molecule has 0 radical (unpaired) electrons. The standard InChI is InChI=1S/C20H21N5O5S/c21-19(26)18-15(12-14-6-3-11-30-14)24(20(22)27)9-10-25(18)31(28,29)16-7-1-4-13-5-2-8-23-17(13)16/h1-8,11,15,18H,9-10,12H2,(H2,21,26)(H2,22,27). The van der Waals surface area contributed by atoms with Crippen LogP contribution in [-0.2, 0) is 21.2 Å². The number of benzene rings is 1. The summed E-state index contributed by atoms with van der Waals surface area (Å²) in [5, 5.41) is 0.641. The summed E-state index contributed by atoms with van der Waals surface area (Å²) in [6.07, 6.45) is 3.02. The van der Waals surface area contributed by atoms with Gasteiger partial charge in [0.2, 0.25) is 15.9 Å². The molecule has 1 aromatic carbocycles. The number of carbonyl (C=O) groups is 2. The number of nitrogens with two attached hydrogens (primary N) is 2. The lowest BCUT2D eigenvalue weighted by atomic mass is 9.98. The SMILES string of the molecule is NC(=O)C1C(Cc2ccco2)N(C(N)=O)CCN1S(=O)(=O)c1cccc2cccnc12. The molecule has 31 heavy (non-hydrogen) atoms. The van der Waals surface area contributed by atoms with E-state index in [1.54, 1.807) is 36.4 Å². The number of amides is 3. The zero-order valence-corrected chi connectivity index (χ0v) is 17.2. The van der Waals surface area contributed by atoms with Gasteiger partial charge in [-0.3, -0.25) is 9.78 Å². The number of piperazine rings is 1. The summed E-state index contributed by atoms with van der Waals surface area (Å²) in [5.41, 5.74) is 11.5. The highest BCUT2D eigenvalue weighted by atomic mass is 32.2. The molecule has 2 atom stereocenters. The first-order chi connectivity index (χ1) is 14.8. The van der Waals surface area contributed by atoms with Gasteiger partial charge in [0, 0.05) is 31.1 Å². The lowest BCUT2D eigenvalue weighted by Gasteiger charge is -2.44. The number of para-hydroxylation sites is 1. The van der Waals surface area contributed by atoms with Gasteiger partial charge < -0.3 is 20.8 Å². The summed E-state index contributed by atoms with van der Waals surface area (Å²) in [6.45, 7) is -0.140. The first kappa shape index (κ1) is 20.8. The number of hydrogen-bond donors (Lipinski definition) is 2. The average molecular weight is 443 g/mol. The quantitative estimate of drug-likeness (QED) is 0.591. The second-order valence-electron chi connectivity index (χ2n) is 7.18. The van der Waals surface area contributed by atoms with Crippen LogP contribution in [0.4, 0.5) is 4.79 Å². The second-order valence-corrected chi connectivity index (χ2v) is 9.04. The van der Waals surface area contributed by atoms with Gasteiger partial charge in [-0.25, -0.2) is 13.2 Å². The number of urea groups is 1. The molecule has 3 aromatic rings. The van der Waals surface area contributed by atoms with Gasteiger partial charge in [-0.2, -0.15) is 4.31 Å². The van der Waals surface area contributed by atoms with E-state index in [4.69, 9.17) is 15.9 Å². The van der Waals surface area contributed by atoms with Crippen LogP contribution in [0.5, 0.6) is 0 Å². The minimum Gasteiger partial charge on any atom is -0.469 e. The van der Waals surface area contributed by atoms with Gasteiger partial charge in [0.1, 0.15) is 16.7 Å². The number of nitrogens with zero attached hydrogens (tertiary/aromatic N) is 3. The fraction of sp³-hybridized carbons (Fsp3) is 0.250. The van der Waals surface area contributed by atoms with E-state index in [-0.39, 0.29) is 29.9 Å². The molecule has 0 saturated carbocycles. The van der Waals surface area contributed by atoms with Crippen molar-refractivity contribution in [1.29, 1.82) is 0 Å². The Morgan fingerprint density at radius 3 is 2.55 bits per heavy atom. The second kappa shape index (κ2) is 8.00. The van der Waals surface area contributed by atoms with Crippen LogP contribution in [0, 0.1) is 0 Å². The highest BCUT2D eigenvalue weighted by Crippen LogP contribution is 2.30. The monoisotopic (exact) mass is 443 g/mol. The molecule has 162 valence electrons. The van der Waals surface area contributed by atoms with Crippen LogP contribution in [0.3, 0.4) is 0 Å². The molecule has 2 unspecified atom stereocenters. The maximum absolute atomic E-state index is 13.7. The summed E-state index contributed by atoms with van der Waals surface area (Å²) in [4.78, 5) is 30.0. The van der Waals surface area contributed by atoms with Crippen LogP contribution in [0.1, 0.15) is 5.76 Å². The minimum absolute atomic E-state index is 0.00190. The van der Waals surface area contributed by atoms with E-state index in [2.05, 4.69) is 4.98 Å². The van der Waals surface area contributed by atoms with Gasteiger partial charge in [0.15, 0.2) is 0 Å². The van der Waals surface area contributed by atoms with E-state index in [1.807, 2.05) is 0 Å². The van der Waals surface area contributed by atoms with E-state index < -0.39 is 34.0 Å². The Morgan fingerprint density at radius 2 is 1.87 bits per heavy atom. The molecule has 1 fully saturated rings. The molecule has 3 heterocycles. The van der Waals surface area contributed by atoms with Crippen molar-refractivity contribution in [2.24, 2.45) is 11.5 Å². The molecule has 0 bridgehead atoms. The Labute approximate surface area is 178 Å². The van der Waals surface area contributed by atoms with E-state index >= 15 is 0 Å². The normalized spacial score (nSPS) is 20.1. The highest BCUT2D eigenvalue weighted by Gasteiger charge is 2.47. The molecule has 0 spiro atoms. The lowest BCUT2D eigenvalue weighted by Crippen LogP contribution is -2.67. The Bertz CT molecular complexity index is 1220. The van der Waals surface area contributed by atoms with Crippen molar-refractivity contribution in [3.63, 3.8) is 0 Å². The molecule has 2 aromatic heterocycles. The number of primary amides is 2. The van der Waals surface area contributed by atoms with E-state index in [0.29, 0.717) is 11.1 Å². The smallest absolute Gasteiger partial charge is 0.315 e. The number of aromatic nitrogens is 1. The number of sulfonamides is 1. The Morgan fingerprint density at radius 1 is 1.10 bits per heavy atom. The summed E-state index contributed by atoms with van der Waals surface area (Å²) in [6, 6.07) is 8.53. The number of carbonyl (C=O) groups excluding carboxylic acids is 2. The van der Waals surface area contributed by atoms with Crippen LogP contribution in [0.25, 0.3) is 10.9 Å². The van der Waals surface area contributed by atoms with Crippen molar-refractivity contribution in [1.82, 2.24) is 14.2 Å². The number of rotatable bonds is 5. The van der Waals surface area contributed by atoms with E-state index in [9.17, 15) is 18.0 Å². The fourth-order valence-corrected chi connectivity index (χ4v) is 5.80. The summed E-state index contributed by atoms with van der Waals surface area (Å²) >= 11 is 0. The van der Waals surface area contributed by atoms with Gasteiger partial charge >= 0.3 is 6.03 Å². The molecule has 4 N–H and O–H groups in total. The summed E-state index contributed by atoms with van der Waals surface area (Å²) in [5.74, 6) is -0.423. The fourth-order valence-electron chi connectivity index (χ4n) is 4.02. The Kier molecular flexibility index (Phi) is 5.38. The van der Waals surface area contributed by atoms with Gasteiger partial charge in [-0.1, -0.05) is 18.2 Å². The Balaban J connectivity index is 1.81. The third-order valence-electron chi connectivity index (χ3n) is 5.38. The number of pyridine rings is 1. The number of furan rings is 1. The van der Waals surface area contributed by atoms with E-state index in [1.165, 1.54) is 23.4 Å². The highest BCUT2D eigenvalue weighted by molar-refractivity contribution is 7.89. The molecular weight excluding hydrogens is 422 g/mol. The van der Waals surface area contributed by atoms with Crippen LogP contribution < -0.4 is 11.5 Å². The van der Waals surface area contributed by atoms with E-state index in [0.717, 1.165) is 4.31 Å². The molecule has 3 amide bonds. The van der Waals surface area contributed by atoms with Crippen LogP contribution in [-0.4, -0.2) is 59.7 Å². The molecule has 1 saturated heterocycles. The molecule has 10 nitrogen and oxygen atoms in total. The minimum atomic E-state index is -4.18. The van der Waals surface area contributed by atoms with Gasteiger partial charge in [0.05, 0.1) is 17.8 Å². The molecule has 11 heteroatoms. The van der Waals surface area contributed by atoms with Crippen molar-refractivity contribution in [2.75, 3.05) is 13.1 Å². The Hall–Kier alpha value is -3.44. The maximum atomic E-state index is 13.7. The largest absolute Gasteiger partial charge is 0.469 e.